The van der Waals surface area contributed by atoms with Crippen molar-refractivity contribution in [1.82, 2.24) is 14.3 Å². The van der Waals surface area contributed by atoms with Crippen molar-refractivity contribution in [2.24, 2.45) is 12.8 Å². The number of nitrogens with two attached hydrogens (primary N) is 1. The molecule has 102 valence electrons. The summed E-state index contributed by atoms with van der Waals surface area (Å²) >= 11 is 0. The Labute approximate surface area is 114 Å². The topological polar surface area (TPSA) is 48.8 Å². The quantitative estimate of drug-likeness (QED) is 0.916. The summed E-state index contributed by atoms with van der Waals surface area (Å²) in [6.07, 6.45) is 6.48. The van der Waals surface area contributed by atoms with Crippen LogP contribution in [0.4, 0.5) is 0 Å². The number of hydrogen-bond donors (Lipinski definition) is 1. The van der Waals surface area contributed by atoms with Crippen LogP contribution in [0.25, 0.3) is 0 Å². The number of nitrogens with zero attached hydrogens (tertiary/aromatic N) is 3. The zero-order chi connectivity index (χ0) is 13.4. The van der Waals surface area contributed by atoms with Gasteiger partial charge in [0.15, 0.2) is 0 Å². The smallest absolute Gasteiger partial charge is 0.0642 e. The van der Waals surface area contributed by atoms with E-state index in [2.05, 4.69) is 28.7 Å². The van der Waals surface area contributed by atoms with Gasteiger partial charge in [-0.15, -0.1) is 0 Å². The van der Waals surface area contributed by atoms with Crippen molar-refractivity contribution in [3.05, 3.63) is 41.0 Å². The van der Waals surface area contributed by atoms with E-state index in [1.54, 1.807) is 0 Å². The molecule has 0 saturated carbocycles. The number of rotatable bonds is 3. The first-order chi connectivity index (χ1) is 9.15. The fourth-order valence-corrected chi connectivity index (χ4v) is 3.13. The van der Waals surface area contributed by atoms with Gasteiger partial charge in [0, 0.05) is 43.6 Å². The van der Waals surface area contributed by atoms with Gasteiger partial charge in [-0.3, -0.25) is 4.68 Å². The van der Waals surface area contributed by atoms with E-state index in [-0.39, 0.29) is 6.04 Å². The minimum absolute atomic E-state index is 0.235. The second-order valence-electron chi connectivity index (χ2n) is 5.57. The van der Waals surface area contributed by atoms with Crippen molar-refractivity contribution in [2.75, 3.05) is 0 Å². The summed E-state index contributed by atoms with van der Waals surface area (Å²) in [4.78, 5) is 0. The lowest BCUT2D eigenvalue weighted by atomic mass is 9.93. The summed E-state index contributed by atoms with van der Waals surface area (Å²) in [6, 6.07) is 4.60. The largest absolute Gasteiger partial charge is 0.348 e. The van der Waals surface area contributed by atoms with Crippen LogP contribution in [-0.4, -0.2) is 14.3 Å². The molecule has 4 heteroatoms. The van der Waals surface area contributed by atoms with E-state index in [9.17, 15) is 0 Å². The predicted octanol–water partition coefficient (Wildman–Crippen LogP) is 2.11. The highest BCUT2D eigenvalue weighted by atomic mass is 15.2. The predicted molar refractivity (Wildman–Crippen MR) is 75.9 cm³/mol. The van der Waals surface area contributed by atoms with E-state index in [1.165, 1.54) is 29.8 Å². The maximum Gasteiger partial charge on any atom is 0.0642 e. The van der Waals surface area contributed by atoms with Crippen LogP contribution >= 0.6 is 0 Å². The third-order valence-electron chi connectivity index (χ3n) is 4.14. The summed E-state index contributed by atoms with van der Waals surface area (Å²) in [6.45, 7) is 3.19. The fraction of sp³-hybridized carbons (Fsp3) is 0.533. The monoisotopic (exact) mass is 258 g/mol. The van der Waals surface area contributed by atoms with Crippen molar-refractivity contribution in [1.29, 1.82) is 0 Å². The first kappa shape index (κ1) is 12.5. The molecule has 0 radical (unpaired) electrons. The van der Waals surface area contributed by atoms with E-state index in [0.717, 1.165) is 25.1 Å². The molecule has 0 aromatic carbocycles. The lowest BCUT2D eigenvalue weighted by molar-refractivity contribution is 0.534. The van der Waals surface area contributed by atoms with E-state index >= 15 is 0 Å². The van der Waals surface area contributed by atoms with Crippen molar-refractivity contribution >= 4 is 0 Å². The number of fused-ring (bicyclic) bond motifs is 1. The Bertz CT molecular complexity index is 579. The Balaban J connectivity index is 1.81. The van der Waals surface area contributed by atoms with Crippen LogP contribution in [0.5, 0.6) is 0 Å². The molecule has 2 aromatic heterocycles. The van der Waals surface area contributed by atoms with E-state index in [4.69, 9.17) is 5.73 Å². The highest BCUT2D eigenvalue weighted by Gasteiger charge is 2.21. The Morgan fingerprint density at radius 2 is 2.32 bits per heavy atom. The SMILES string of the molecule is Cc1cc2c(n1CCc1ccn(C)n1)CCCC2N. The van der Waals surface area contributed by atoms with Crippen LogP contribution in [0, 0.1) is 6.92 Å². The summed E-state index contributed by atoms with van der Waals surface area (Å²) in [5.41, 5.74) is 11.5. The summed E-state index contributed by atoms with van der Waals surface area (Å²) in [5, 5.41) is 4.45. The lowest BCUT2D eigenvalue weighted by Crippen LogP contribution is -2.18. The minimum Gasteiger partial charge on any atom is -0.348 e. The van der Waals surface area contributed by atoms with Crippen LogP contribution in [0.1, 0.15) is 41.5 Å². The molecule has 4 nitrogen and oxygen atoms in total. The first-order valence-corrected chi connectivity index (χ1v) is 7.08. The summed E-state index contributed by atoms with van der Waals surface area (Å²) in [7, 11) is 1.96. The molecule has 0 fully saturated rings. The molecule has 2 N–H and O–H groups in total. The van der Waals surface area contributed by atoms with E-state index in [1.807, 2.05) is 17.9 Å². The van der Waals surface area contributed by atoms with Gasteiger partial charge in [0.25, 0.3) is 0 Å². The van der Waals surface area contributed by atoms with Gasteiger partial charge in [-0.1, -0.05) is 0 Å². The summed E-state index contributed by atoms with van der Waals surface area (Å²) < 4.78 is 4.30. The van der Waals surface area contributed by atoms with Crippen LogP contribution in [0.15, 0.2) is 18.3 Å². The molecule has 0 amide bonds. The number of hydrogen-bond acceptors (Lipinski definition) is 2. The molecule has 0 aliphatic heterocycles. The minimum atomic E-state index is 0.235. The maximum absolute atomic E-state index is 6.21. The average Bonchev–Trinajstić information content (AvgIpc) is 2.92. The molecule has 0 saturated heterocycles. The molecular formula is C15H22N4. The van der Waals surface area contributed by atoms with Gasteiger partial charge in [0.1, 0.15) is 0 Å². The molecule has 1 aliphatic rings. The molecular weight excluding hydrogens is 236 g/mol. The Kier molecular flexibility index (Phi) is 3.19. The second kappa shape index (κ2) is 4.85. The molecule has 1 unspecified atom stereocenters. The third kappa shape index (κ3) is 2.32. The van der Waals surface area contributed by atoms with Crippen LogP contribution < -0.4 is 5.73 Å². The fourth-order valence-electron chi connectivity index (χ4n) is 3.13. The maximum atomic E-state index is 6.21. The van der Waals surface area contributed by atoms with Gasteiger partial charge >= 0.3 is 0 Å². The van der Waals surface area contributed by atoms with Crippen molar-refractivity contribution in [3.8, 4) is 0 Å². The zero-order valence-corrected chi connectivity index (χ0v) is 11.8. The average molecular weight is 258 g/mol. The number of aromatic nitrogens is 3. The third-order valence-corrected chi connectivity index (χ3v) is 4.14. The van der Waals surface area contributed by atoms with Gasteiger partial charge < -0.3 is 10.3 Å². The molecule has 2 heterocycles. The van der Waals surface area contributed by atoms with E-state index < -0.39 is 0 Å². The molecule has 19 heavy (non-hydrogen) atoms. The molecule has 0 spiro atoms. The van der Waals surface area contributed by atoms with Gasteiger partial charge in [0.2, 0.25) is 0 Å². The van der Waals surface area contributed by atoms with Gasteiger partial charge in [0.05, 0.1) is 5.69 Å². The Morgan fingerprint density at radius 1 is 1.47 bits per heavy atom. The van der Waals surface area contributed by atoms with Gasteiger partial charge in [-0.05, 0) is 43.9 Å². The highest BCUT2D eigenvalue weighted by molar-refractivity contribution is 5.32. The lowest BCUT2D eigenvalue weighted by Gasteiger charge is -2.21. The zero-order valence-electron chi connectivity index (χ0n) is 11.8. The van der Waals surface area contributed by atoms with Crippen LogP contribution in [0.2, 0.25) is 0 Å². The van der Waals surface area contributed by atoms with Gasteiger partial charge in [-0.2, -0.15) is 5.10 Å². The van der Waals surface area contributed by atoms with E-state index in [0.29, 0.717) is 0 Å². The van der Waals surface area contributed by atoms with Gasteiger partial charge in [-0.25, -0.2) is 0 Å². The van der Waals surface area contributed by atoms with Crippen molar-refractivity contribution in [3.63, 3.8) is 0 Å². The van der Waals surface area contributed by atoms with Crippen molar-refractivity contribution < 1.29 is 0 Å². The first-order valence-electron chi connectivity index (χ1n) is 7.08. The standard InChI is InChI=1S/C15H22N4/c1-11-10-13-14(16)4-3-5-15(13)19(11)9-7-12-6-8-18(2)17-12/h6,8,10,14H,3-5,7,9,16H2,1-2H3. The molecule has 0 bridgehead atoms. The molecule has 1 atom stereocenters. The normalized spacial score (nSPS) is 18.6. The number of aryl methyl sites for hydroxylation is 3. The van der Waals surface area contributed by atoms with Crippen LogP contribution in [0.3, 0.4) is 0 Å². The molecule has 1 aliphatic carbocycles. The molecule has 2 aromatic rings. The Hall–Kier alpha value is -1.55. The highest BCUT2D eigenvalue weighted by Crippen LogP contribution is 2.30. The molecule has 3 rings (SSSR count). The second-order valence-corrected chi connectivity index (χ2v) is 5.57. The van der Waals surface area contributed by atoms with Crippen molar-refractivity contribution in [2.45, 2.75) is 45.2 Å². The Morgan fingerprint density at radius 3 is 3.05 bits per heavy atom. The van der Waals surface area contributed by atoms with Crippen LogP contribution in [-0.2, 0) is 26.4 Å². The summed E-state index contributed by atoms with van der Waals surface area (Å²) in [5.74, 6) is 0.